The Balaban J connectivity index is 2.26. The molecule has 0 unspecified atom stereocenters. The van der Waals surface area contributed by atoms with Crippen molar-refractivity contribution in [1.29, 1.82) is 0 Å². The summed E-state index contributed by atoms with van der Waals surface area (Å²) in [6.07, 6.45) is 0. The van der Waals surface area contributed by atoms with Crippen LogP contribution in [0.5, 0.6) is 0 Å². The minimum absolute atomic E-state index is 0.149. The van der Waals surface area contributed by atoms with Crippen molar-refractivity contribution in [1.82, 2.24) is 0 Å². The van der Waals surface area contributed by atoms with Crippen molar-refractivity contribution in [2.45, 2.75) is 6.92 Å². The summed E-state index contributed by atoms with van der Waals surface area (Å²) < 4.78 is 0.929. The van der Waals surface area contributed by atoms with Gasteiger partial charge in [-0.2, -0.15) is 5.10 Å². The Kier molecular flexibility index (Phi) is 4.98. The summed E-state index contributed by atoms with van der Waals surface area (Å²) >= 11 is 9.48. The van der Waals surface area contributed by atoms with Crippen molar-refractivity contribution in [2.75, 3.05) is 5.43 Å². The summed E-state index contributed by atoms with van der Waals surface area (Å²) in [5.41, 5.74) is 5.09. The van der Waals surface area contributed by atoms with Crippen molar-refractivity contribution >= 4 is 44.9 Å². The zero-order valence-electron chi connectivity index (χ0n) is 11.1. The van der Waals surface area contributed by atoms with Crippen LogP contribution in [-0.4, -0.2) is 16.8 Å². The number of anilines is 1. The van der Waals surface area contributed by atoms with Crippen LogP contribution < -0.4 is 5.43 Å². The highest BCUT2D eigenvalue weighted by atomic mass is 79.9. The lowest BCUT2D eigenvalue weighted by molar-refractivity contribution is 0.0697. The number of carboxylic acid groups (broad SMARTS) is 1. The molecule has 0 aliphatic heterocycles. The van der Waals surface area contributed by atoms with Gasteiger partial charge in [0.25, 0.3) is 0 Å². The average Bonchev–Trinajstić information content (AvgIpc) is 2.46. The van der Waals surface area contributed by atoms with Gasteiger partial charge in [0.1, 0.15) is 0 Å². The number of carboxylic acids is 1. The molecule has 108 valence electrons. The first-order chi connectivity index (χ1) is 9.99. The Labute approximate surface area is 135 Å². The van der Waals surface area contributed by atoms with E-state index in [2.05, 4.69) is 26.5 Å². The average molecular weight is 368 g/mol. The Morgan fingerprint density at radius 3 is 2.67 bits per heavy atom. The van der Waals surface area contributed by atoms with E-state index in [4.69, 9.17) is 16.7 Å². The maximum atomic E-state index is 11.0. The summed E-state index contributed by atoms with van der Waals surface area (Å²) in [5, 5.41) is 13.6. The minimum atomic E-state index is -1.01. The third kappa shape index (κ3) is 3.83. The number of hydrogen-bond acceptors (Lipinski definition) is 3. The van der Waals surface area contributed by atoms with Crippen LogP contribution in [0.1, 0.15) is 22.8 Å². The van der Waals surface area contributed by atoms with Gasteiger partial charge in [0.05, 0.1) is 22.0 Å². The number of nitrogens with one attached hydrogen (secondary N) is 1. The van der Waals surface area contributed by atoms with E-state index in [9.17, 15) is 4.79 Å². The number of rotatable bonds is 4. The van der Waals surface area contributed by atoms with E-state index in [0.29, 0.717) is 10.7 Å². The van der Waals surface area contributed by atoms with Gasteiger partial charge in [-0.3, -0.25) is 5.43 Å². The summed E-state index contributed by atoms with van der Waals surface area (Å²) in [6, 6.07) is 12.1. The molecule has 0 heterocycles. The molecule has 21 heavy (non-hydrogen) atoms. The first-order valence-corrected chi connectivity index (χ1v) is 7.24. The van der Waals surface area contributed by atoms with Gasteiger partial charge < -0.3 is 5.11 Å². The largest absolute Gasteiger partial charge is 0.478 e. The minimum Gasteiger partial charge on any atom is -0.478 e. The zero-order chi connectivity index (χ0) is 15.4. The topological polar surface area (TPSA) is 61.7 Å². The van der Waals surface area contributed by atoms with Crippen LogP contribution >= 0.6 is 27.5 Å². The molecule has 0 radical (unpaired) electrons. The standard InChI is InChI=1S/C15H12BrClN2O2/c1-9(11-4-2-3-5-12(11)16)18-19-14-8-10(15(20)21)6-7-13(14)17/h2-8,19H,1H3,(H,20,21)/b18-9-. The van der Waals surface area contributed by atoms with E-state index < -0.39 is 5.97 Å². The molecule has 2 aromatic carbocycles. The van der Waals surface area contributed by atoms with Gasteiger partial charge in [-0.05, 0) is 31.2 Å². The Morgan fingerprint density at radius 1 is 1.29 bits per heavy atom. The monoisotopic (exact) mass is 366 g/mol. The summed E-state index contributed by atoms with van der Waals surface area (Å²) in [6.45, 7) is 1.85. The molecule has 0 saturated heterocycles. The highest BCUT2D eigenvalue weighted by Crippen LogP contribution is 2.24. The lowest BCUT2D eigenvalue weighted by Gasteiger charge is -2.07. The van der Waals surface area contributed by atoms with Crippen LogP contribution in [0.15, 0.2) is 52.0 Å². The van der Waals surface area contributed by atoms with Gasteiger partial charge in [0, 0.05) is 10.0 Å². The Hall–Kier alpha value is -1.85. The molecule has 0 atom stereocenters. The quantitative estimate of drug-likeness (QED) is 0.611. The number of hydrazone groups is 1. The van der Waals surface area contributed by atoms with Gasteiger partial charge in [-0.1, -0.05) is 45.7 Å². The Morgan fingerprint density at radius 2 is 2.00 bits per heavy atom. The molecule has 0 aliphatic rings. The molecule has 0 aliphatic carbocycles. The van der Waals surface area contributed by atoms with E-state index in [0.717, 1.165) is 15.7 Å². The van der Waals surface area contributed by atoms with Crippen molar-refractivity contribution in [2.24, 2.45) is 5.10 Å². The number of hydrogen-bond donors (Lipinski definition) is 2. The van der Waals surface area contributed by atoms with E-state index in [1.807, 2.05) is 31.2 Å². The summed E-state index contributed by atoms with van der Waals surface area (Å²) in [5.74, 6) is -1.01. The van der Waals surface area contributed by atoms with Crippen molar-refractivity contribution in [3.8, 4) is 0 Å². The predicted molar refractivity (Wildman–Crippen MR) is 88.4 cm³/mol. The fraction of sp³-hybridized carbons (Fsp3) is 0.0667. The number of halogens is 2. The summed E-state index contributed by atoms with van der Waals surface area (Å²) in [4.78, 5) is 11.0. The van der Waals surface area contributed by atoms with Crippen molar-refractivity contribution < 1.29 is 9.90 Å². The van der Waals surface area contributed by atoms with Gasteiger partial charge in [0.2, 0.25) is 0 Å². The van der Waals surface area contributed by atoms with Gasteiger partial charge in [0.15, 0.2) is 0 Å². The van der Waals surface area contributed by atoms with Gasteiger partial charge in [-0.15, -0.1) is 0 Å². The normalized spacial score (nSPS) is 11.3. The first-order valence-electron chi connectivity index (χ1n) is 6.07. The molecule has 0 aromatic heterocycles. The number of carbonyl (C=O) groups is 1. The predicted octanol–water partition coefficient (Wildman–Crippen LogP) is 4.64. The molecule has 0 fully saturated rings. The molecule has 2 N–H and O–H groups in total. The third-order valence-corrected chi connectivity index (χ3v) is 3.84. The van der Waals surface area contributed by atoms with Crippen molar-refractivity contribution in [3.63, 3.8) is 0 Å². The SMILES string of the molecule is C/C(=N/Nc1cc(C(=O)O)ccc1Cl)c1ccccc1Br. The maximum Gasteiger partial charge on any atom is 0.335 e. The highest BCUT2D eigenvalue weighted by molar-refractivity contribution is 9.10. The van der Waals surface area contributed by atoms with Crippen LogP contribution in [-0.2, 0) is 0 Å². The van der Waals surface area contributed by atoms with Crippen LogP contribution in [0.3, 0.4) is 0 Å². The molecule has 2 rings (SSSR count). The van der Waals surface area contributed by atoms with Crippen LogP contribution in [0, 0.1) is 0 Å². The van der Waals surface area contributed by atoms with Gasteiger partial charge >= 0.3 is 5.97 Å². The van der Waals surface area contributed by atoms with Crippen LogP contribution in [0.4, 0.5) is 5.69 Å². The Bertz CT molecular complexity index is 717. The molecule has 4 nitrogen and oxygen atoms in total. The molecule has 0 bridgehead atoms. The molecule has 0 amide bonds. The number of nitrogens with zero attached hydrogens (tertiary/aromatic N) is 1. The van der Waals surface area contributed by atoms with Gasteiger partial charge in [-0.25, -0.2) is 4.79 Å². The van der Waals surface area contributed by atoms with Crippen LogP contribution in [0.2, 0.25) is 5.02 Å². The van der Waals surface area contributed by atoms with Crippen molar-refractivity contribution in [3.05, 3.63) is 63.1 Å². The number of aromatic carboxylic acids is 1. The molecule has 0 saturated carbocycles. The summed E-state index contributed by atoms with van der Waals surface area (Å²) in [7, 11) is 0. The first kappa shape index (κ1) is 15.5. The number of benzene rings is 2. The maximum absolute atomic E-state index is 11.0. The molecular formula is C15H12BrClN2O2. The third-order valence-electron chi connectivity index (χ3n) is 2.82. The molecule has 2 aromatic rings. The fourth-order valence-corrected chi connectivity index (χ4v) is 2.43. The molecular weight excluding hydrogens is 356 g/mol. The lowest BCUT2D eigenvalue weighted by atomic mass is 10.1. The van der Waals surface area contributed by atoms with E-state index >= 15 is 0 Å². The molecule has 6 heteroatoms. The smallest absolute Gasteiger partial charge is 0.335 e. The van der Waals surface area contributed by atoms with Crippen LogP contribution in [0.25, 0.3) is 0 Å². The zero-order valence-corrected chi connectivity index (χ0v) is 13.4. The highest BCUT2D eigenvalue weighted by Gasteiger charge is 2.07. The second kappa shape index (κ2) is 6.74. The second-order valence-corrected chi connectivity index (χ2v) is 5.55. The second-order valence-electron chi connectivity index (χ2n) is 4.29. The fourth-order valence-electron chi connectivity index (χ4n) is 1.70. The lowest BCUT2D eigenvalue weighted by Crippen LogP contribution is -2.02. The van der Waals surface area contributed by atoms with E-state index in [-0.39, 0.29) is 5.56 Å². The molecule has 0 spiro atoms. The van der Waals surface area contributed by atoms with E-state index in [1.165, 1.54) is 18.2 Å². The van der Waals surface area contributed by atoms with E-state index in [1.54, 1.807) is 0 Å².